The summed E-state index contributed by atoms with van der Waals surface area (Å²) in [4.78, 5) is 4.11. The minimum absolute atomic E-state index is 0.414. The van der Waals surface area contributed by atoms with Crippen molar-refractivity contribution in [1.29, 1.82) is 0 Å². The lowest BCUT2D eigenvalue weighted by molar-refractivity contribution is 0.710. The van der Waals surface area contributed by atoms with Gasteiger partial charge in [-0.25, -0.2) is 0 Å². The molecule has 23 heavy (non-hydrogen) atoms. The van der Waals surface area contributed by atoms with Crippen molar-refractivity contribution >= 4 is 15.9 Å². The van der Waals surface area contributed by atoms with Crippen molar-refractivity contribution in [3.63, 3.8) is 0 Å². The number of rotatable bonds is 5. The molecule has 0 N–H and O–H groups in total. The van der Waals surface area contributed by atoms with Gasteiger partial charge < -0.3 is 0 Å². The quantitative estimate of drug-likeness (QED) is 0.546. The molecule has 0 fully saturated rings. The first-order chi connectivity index (χ1) is 11.2. The molecular weight excluding hydrogens is 346 g/mol. The van der Waals surface area contributed by atoms with E-state index < -0.39 is 0 Å². The lowest BCUT2D eigenvalue weighted by Gasteiger charge is -2.20. The highest BCUT2D eigenvalue weighted by atomic mass is 79.9. The summed E-state index contributed by atoms with van der Waals surface area (Å²) in [7, 11) is 0. The van der Waals surface area contributed by atoms with Crippen LogP contribution >= 0.6 is 15.9 Å². The van der Waals surface area contributed by atoms with Gasteiger partial charge in [0.05, 0.1) is 0 Å². The van der Waals surface area contributed by atoms with E-state index in [2.05, 4.69) is 88.5 Å². The van der Waals surface area contributed by atoms with E-state index in [1.165, 1.54) is 22.3 Å². The predicted octanol–water partition coefficient (Wildman–Crippen LogP) is 5.92. The van der Waals surface area contributed by atoms with E-state index in [0.717, 1.165) is 17.3 Å². The Hall–Kier alpha value is -1.93. The van der Waals surface area contributed by atoms with E-state index in [9.17, 15) is 0 Å². The van der Waals surface area contributed by atoms with Gasteiger partial charge in [-0.3, -0.25) is 4.98 Å². The Morgan fingerprint density at radius 3 is 2.30 bits per heavy atom. The second-order valence-electron chi connectivity index (χ2n) is 5.85. The zero-order chi connectivity index (χ0) is 16.1. The molecule has 0 radical (unpaired) electrons. The van der Waals surface area contributed by atoms with Crippen molar-refractivity contribution in [3.8, 4) is 0 Å². The predicted molar refractivity (Wildman–Crippen MR) is 99.7 cm³/mol. The molecule has 1 heterocycles. The number of aryl methyl sites for hydroxylation is 2. The number of halogens is 1. The van der Waals surface area contributed by atoms with Crippen LogP contribution in [0.2, 0.25) is 0 Å². The summed E-state index contributed by atoms with van der Waals surface area (Å²) >= 11 is 3.53. The minimum Gasteiger partial charge on any atom is -0.265 e. The van der Waals surface area contributed by atoms with Gasteiger partial charge in [0.15, 0.2) is 0 Å². The zero-order valence-corrected chi connectivity index (χ0v) is 14.8. The Bertz CT molecular complexity index is 750. The van der Waals surface area contributed by atoms with Gasteiger partial charge in [0.25, 0.3) is 0 Å². The molecule has 3 rings (SSSR count). The Balaban J connectivity index is 1.90. The summed E-state index contributed by atoms with van der Waals surface area (Å²) < 4.78 is 1.12. The average Bonchev–Trinajstić information content (AvgIpc) is 2.59. The van der Waals surface area contributed by atoms with Gasteiger partial charge in [-0.05, 0) is 66.3 Å². The van der Waals surface area contributed by atoms with Crippen LogP contribution < -0.4 is 0 Å². The molecule has 1 aromatic heterocycles. The normalized spacial score (nSPS) is 12.1. The fraction of sp³-hybridized carbons (Fsp3) is 0.190. The van der Waals surface area contributed by atoms with Gasteiger partial charge in [0, 0.05) is 22.8 Å². The Morgan fingerprint density at radius 2 is 1.61 bits per heavy atom. The van der Waals surface area contributed by atoms with Crippen LogP contribution in [0.25, 0.3) is 0 Å². The van der Waals surface area contributed by atoms with Crippen LogP contribution in [0.4, 0.5) is 0 Å². The molecule has 0 amide bonds. The molecule has 0 bridgehead atoms. The molecule has 1 nitrogen and oxygen atoms in total. The van der Waals surface area contributed by atoms with Crippen molar-refractivity contribution in [2.75, 3.05) is 0 Å². The summed E-state index contributed by atoms with van der Waals surface area (Å²) in [5.41, 5.74) is 5.49. The highest BCUT2D eigenvalue weighted by Crippen LogP contribution is 2.32. The molecule has 0 spiro atoms. The molecule has 0 aliphatic rings. The first-order valence-electron chi connectivity index (χ1n) is 7.94. The Labute approximate surface area is 146 Å². The molecule has 3 aromatic rings. The molecule has 0 saturated carbocycles. The van der Waals surface area contributed by atoms with Gasteiger partial charge in [-0.1, -0.05) is 52.3 Å². The number of hydrogen-bond acceptors (Lipinski definition) is 1. The molecule has 2 aromatic carbocycles. The third-order valence-electron chi connectivity index (χ3n) is 4.31. The van der Waals surface area contributed by atoms with Crippen LogP contribution in [-0.4, -0.2) is 4.98 Å². The van der Waals surface area contributed by atoms with E-state index in [0.29, 0.717) is 5.92 Å². The van der Waals surface area contributed by atoms with Crippen molar-refractivity contribution in [2.24, 2.45) is 0 Å². The van der Waals surface area contributed by atoms with Gasteiger partial charge in [0.1, 0.15) is 0 Å². The largest absolute Gasteiger partial charge is 0.265 e. The topological polar surface area (TPSA) is 12.9 Å². The molecule has 116 valence electrons. The minimum atomic E-state index is 0.414. The van der Waals surface area contributed by atoms with Crippen LogP contribution in [-0.2, 0) is 6.42 Å². The molecule has 1 unspecified atom stereocenters. The smallest absolute Gasteiger partial charge is 0.0270 e. The van der Waals surface area contributed by atoms with E-state index in [1.807, 2.05) is 12.4 Å². The van der Waals surface area contributed by atoms with E-state index in [4.69, 9.17) is 0 Å². The van der Waals surface area contributed by atoms with E-state index in [-0.39, 0.29) is 0 Å². The second-order valence-corrected chi connectivity index (χ2v) is 6.77. The number of pyridine rings is 1. The van der Waals surface area contributed by atoms with Crippen LogP contribution in [0.1, 0.15) is 34.6 Å². The Kier molecular flexibility index (Phi) is 5.24. The zero-order valence-electron chi connectivity index (χ0n) is 13.2. The highest BCUT2D eigenvalue weighted by Gasteiger charge is 2.16. The van der Waals surface area contributed by atoms with Crippen molar-refractivity contribution in [3.05, 3.63) is 99.8 Å². The standard InChI is InChI=1S/C21H20BrN/c1-16-4-2-3-5-20(16)21(18-7-9-19(22)10-8-18)11-6-17-12-14-23-15-13-17/h2-5,7-10,12-15,21H,6,11H2,1H3. The summed E-state index contributed by atoms with van der Waals surface area (Å²) in [6, 6.07) is 21.7. The maximum atomic E-state index is 4.11. The molecule has 0 aliphatic heterocycles. The summed E-state index contributed by atoms with van der Waals surface area (Å²) in [5, 5.41) is 0. The second kappa shape index (κ2) is 7.56. The van der Waals surface area contributed by atoms with Crippen LogP contribution in [0.15, 0.2) is 77.5 Å². The third-order valence-corrected chi connectivity index (χ3v) is 4.84. The molecule has 0 saturated heterocycles. The third kappa shape index (κ3) is 4.08. The SMILES string of the molecule is Cc1ccccc1C(CCc1ccncc1)c1ccc(Br)cc1. The first kappa shape index (κ1) is 15.9. The highest BCUT2D eigenvalue weighted by molar-refractivity contribution is 9.10. The van der Waals surface area contributed by atoms with Crippen LogP contribution in [0.3, 0.4) is 0 Å². The van der Waals surface area contributed by atoms with Gasteiger partial charge in [0.2, 0.25) is 0 Å². The summed E-state index contributed by atoms with van der Waals surface area (Å²) in [6.45, 7) is 2.20. The first-order valence-corrected chi connectivity index (χ1v) is 8.73. The molecular formula is C21H20BrN. The fourth-order valence-electron chi connectivity index (χ4n) is 3.04. The van der Waals surface area contributed by atoms with Crippen molar-refractivity contribution in [2.45, 2.75) is 25.7 Å². The molecule has 2 heteroatoms. The summed E-state index contributed by atoms with van der Waals surface area (Å²) in [6.07, 6.45) is 5.89. The Morgan fingerprint density at radius 1 is 0.913 bits per heavy atom. The number of hydrogen-bond donors (Lipinski definition) is 0. The number of aromatic nitrogens is 1. The lowest BCUT2D eigenvalue weighted by atomic mass is 9.84. The van der Waals surface area contributed by atoms with Crippen LogP contribution in [0, 0.1) is 6.92 Å². The lowest BCUT2D eigenvalue weighted by Crippen LogP contribution is -2.05. The van der Waals surface area contributed by atoms with Gasteiger partial charge in [-0.15, -0.1) is 0 Å². The fourth-order valence-corrected chi connectivity index (χ4v) is 3.30. The average molecular weight is 366 g/mol. The van der Waals surface area contributed by atoms with Gasteiger partial charge >= 0.3 is 0 Å². The van der Waals surface area contributed by atoms with Crippen molar-refractivity contribution in [1.82, 2.24) is 4.98 Å². The van der Waals surface area contributed by atoms with Crippen molar-refractivity contribution < 1.29 is 0 Å². The molecule has 0 aliphatic carbocycles. The van der Waals surface area contributed by atoms with E-state index in [1.54, 1.807) is 0 Å². The maximum absolute atomic E-state index is 4.11. The number of nitrogens with zero attached hydrogens (tertiary/aromatic N) is 1. The number of benzene rings is 2. The monoisotopic (exact) mass is 365 g/mol. The molecule has 1 atom stereocenters. The van der Waals surface area contributed by atoms with Gasteiger partial charge in [-0.2, -0.15) is 0 Å². The van der Waals surface area contributed by atoms with E-state index >= 15 is 0 Å². The maximum Gasteiger partial charge on any atom is 0.0270 e. The van der Waals surface area contributed by atoms with Crippen LogP contribution in [0.5, 0.6) is 0 Å². The summed E-state index contributed by atoms with van der Waals surface area (Å²) in [5.74, 6) is 0.414.